The van der Waals surface area contributed by atoms with Gasteiger partial charge in [-0.05, 0) is 26.2 Å². The van der Waals surface area contributed by atoms with Gasteiger partial charge in [0.2, 0.25) is 0 Å². The number of hydrogen-bond donors (Lipinski definition) is 2. The third-order valence-corrected chi connectivity index (χ3v) is 3.07. The molecular weight excluding hydrogens is 208 g/mol. The van der Waals surface area contributed by atoms with Gasteiger partial charge in [0.1, 0.15) is 5.78 Å². The van der Waals surface area contributed by atoms with E-state index in [9.17, 15) is 14.9 Å². The van der Waals surface area contributed by atoms with E-state index < -0.39 is 11.5 Å². The van der Waals surface area contributed by atoms with E-state index >= 15 is 0 Å². The van der Waals surface area contributed by atoms with Crippen LogP contribution in [0.2, 0.25) is 0 Å². The van der Waals surface area contributed by atoms with Crippen molar-refractivity contribution in [1.82, 2.24) is 5.32 Å². The van der Waals surface area contributed by atoms with Gasteiger partial charge in [-0.25, -0.2) is 4.79 Å². The van der Waals surface area contributed by atoms with Crippen LogP contribution in [0.1, 0.15) is 39.0 Å². The number of rotatable bonds is 3. The minimum absolute atomic E-state index is 0.199. The molecule has 1 fully saturated rings. The molecule has 1 atom stereocenters. The Morgan fingerprint density at radius 1 is 1.62 bits per heavy atom. The number of nitriles is 1. The van der Waals surface area contributed by atoms with Gasteiger partial charge in [0.05, 0.1) is 11.5 Å². The normalized spacial score (nSPS) is 20.9. The summed E-state index contributed by atoms with van der Waals surface area (Å²) in [5.74, 6) is 0.199. The molecule has 0 radical (unpaired) electrons. The van der Waals surface area contributed by atoms with Gasteiger partial charge in [0.15, 0.2) is 0 Å². The van der Waals surface area contributed by atoms with Gasteiger partial charge in [-0.2, -0.15) is 5.26 Å². The number of nitrogens with one attached hydrogen (secondary N) is 1. The van der Waals surface area contributed by atoms with E-state index in [2.05, 4.69) is 11.4 Å². The maximum atomic E-state index is 11.1. The van der Waals surface area contributed by atoms with Crippen LogP contribution in [0.15, 0.2) is 0 Å². The molecule has 0 saturated heterocycles. The highest BCUT2D eigenvalue weighted by Gasteiger charge is 2.36. The summed E-state index contributed by atoms with van der Waals surface area (Å²) in [6, 6.07) is 2.00. The van der Waals surface area contributed by atoms with Crippen molar-refractivity contribution < 1.29 is 14.7 Å². The van der Waals surface area contributed by atoms with Crippen LogP contribution in [0.5, 0.6) is 0 Å². The van der Waals surface area contributed by atoms with Gasteiger partial charge in [-0.1, -0.05) is 0 Å². The van der Waals surface area contributed by atoms with E-state index in [4.69, 9.17) is 5.11 Å². The Hall–Kier alpha value is -1.57. The number of carbonyl (C=O) groups excluding carboxylic acids is 1. The molecule has 5 nitrogen and oxygen atoms in total. The van der Waals surface area contributed by atoms with E-state index in [1.54, 1.807) is 6.92 Å². The molecule has 5 heteroatoms. The highest BCUT2D eigenvalue weighted by Crippen LogP contribution is 2.38. The molecule has 0 heterocycles. The predicted octanol–water partition coefficient (Wildman–Crippen LogP) is 1.69. The highest BCUT2D eigenvalue weighted by molar-refractivity contribution is 5.79. The first-order valence-electron chi connectivity index (χ1n) is 5.40. The summed E-state index contributed by atoms with van der Waals surface area (Å²) >= 11 is 0. The maximum Gasteiger partial charge on any atom is 0.404 e. The molecule has 0 unspecified atom stereocenters. The minimum atomic E-state index is -1.08. The fourth-order valence-corrected chi connectivity index (χ4v) is 2.22. The SMILES string of the molecule is C[C@@H](CC1(C#N)CCC(=O)CC1)NC(=O)O. The number of carbonyl (C=O) groups is 2. The number of hydrogen-bond acceptors (Lipinski definition) is 3. The van der Waals surface area contributed by atoms with Crippen molar-refractivity contribution in [3.05, 3.63) is 0 Å². The largest absolute Gasteiger partial charge is 0.465 e. The van der Waals surface area contributed by atoms with Gasteiger partial charge >= 0.3 is 6.09 Å². The van der Waals surface area contributed by atoms with Gasteiger partial charge in [0.25, 0.3) is 0 Å². The monoisotopic (exact) mass is 224 g/mol. The fourth-order valence-electron chi connectivity index (χ4n) is 2.22. The molecule has 0 bridgehead atoms. The molecule has 1 amide bonds. The lowest BCUT2D eigenvalue weighted by molar-refractivity contribution is -0.121. The number of ketones is 1. The summed E-state index contributed by atoms with van der Waals surface area (Å²) < 4.78 is 0. The average molecular weight is 224 g/mol. The topological polar surface area (TPSA) is 90.2 Å². The molecule has 0 aliphatic heterocycles. The first kappa shape index (κ1) is 12.5. The second-order valence-electron chi connectivity index (χ2n) is 4.49. The second-order valence-corrected chi connectivity index (χ2v) is 4.49. The summed E-state index contributed by atoms with van der Waals surface area (Å²) in [4.78, 5) is 21.6. The smallest absolute Gasteiger partial charge is 0.404 e. The van der Waals surface area contributed by atoms with E-state index in [0.29, 0.717) is 32.1 Å². The zero-order valence-corrected chi connectivity index (χ0v) is 9.32. The molecule has 1 rings (SSSR count). The number of Topliss-reactive ketones (excluding diaryl/α,β-unsaturated/α-hetero) is 1. The van der Waals surface area contributed by atoms with Crippen LogP contribution in [-0.2, 0) is 4.79 Å². The Balaban J connectivity index is 2.58. The van der Waals surface area contributed by atoms with Crippen LogP contribution >= 0.6 is 0 Å². The molecular formula is C11H16N2O3. The Labute approximate surface area is 94.4 Å². The summed E-state index contributed by atoms with van der Waals surface area (Å²) in [7, 11) is 0. The Morgan fingerprint density at radius 2 is 2.19 bits per heavy atom. The van der Waals surface area contributed by atoms with Crippen molar-refractivity contribution in [3.8, 4) is 6.07 Å². The average Bonchev–Trinajstić information content (AvgIpc) is 2.21. The fraction of sp³-hybridized carbons (Fsp3) is 0.727. The van der Waals surface area contributed by atoms with Gasteiger partial charge < -0.3 is 10.4 Å². The van der Waals surface area contributed by atoms with Crippen molar-refractivity contribution in [2.75, 3.05) is 0 Å². The van der Waals surface area contributed by atoms with Gasteiger partial charge in [-0.3, -0.25) is 4.79 Å². The highest BCUT2D eigenvalue weighted by atomic mass is 16.4. The van der Waals surface area contributed by atoms with E-state index in [0.717, 1.165) is 0 Å². The van der Waals surface area contributed by atoms with Crippen LogP contribution in [0, 0.1) is 16.7 Å². The standard InChI is InChI=1S/C11H16N2O3/c1-8(13-10(15)16)6-11(7-12)4-2-9(14)3-5-11/h8,13H,2-6H2,1H3,(H,15,16)/t8-/m0/s1. The number of nitrogens with zero attached hydrogens (tertiary/aromatic N) is 1. The molecule has 0 spiro atoms. The van der Waals surface area contributed by atoms with Crippen molar-refractivity contribution >= 4 is 11.9 Å². The third kappa shape index (κ3) is 3.23. The summed E-state index contributed by atoms with van der Waals surface area (Å²) in [6.07, 6.45) is 1.37. The predicted molar refractivity (Wildman–Crippen MR) is 56.8 cm³/mol. The van der Waals surface area contributed by atoms with Crippen molar-refractivity contribution in [2.24, 2.45) is 5.41 Å². The van der Waals surface area contributed by atoms with E-state index in [1.165, 1.54) is 0 Å². The van der Waals surface area contributed by atoms with E-state index in [-0.39, 0.29) is 11.8 Å². The second kappa shape index (κ2) is 4.97. The zero-order valence-electron chi connectivity index (χ0n) is 9.32. The van der Waals surface area contributed by atoms with E-state index in [1.807, 2.05) is 0 Å². The molecule has 0 aromatic rings. The number of carboxylic acid groups (broad SMARTS) is 1. The lowest BCUT2D eigenvalue weighted by Gasteiger charge is -2.32. The van der Waals surface area contributed by atoms with Crippen LogP contribution in [0.25, 0.3) is 0 Å². The van der Waals surface area contributed by atoms with Gasteiger partial charge in [0, 0.05) is 18.9 Å². The maximum absolute atomic E-state index is 11.1. The molecule has 16 heavy (non-hydrogen) atoms. The lowest BCUT2D eigenvalue weighted by Crippen LogP contribution is -2.38. The minimum Gasteiger partial charge on any atom is -0.465 e. The summed E-state index contributed by atoms with van der Waals surface area (Å²) in [5, 5.41) is 20.1. The zero-order chi connectivity index (χ0) is 12.2. The Bertz CT molecular complexity index is 323. The molecule has 2 N–H and O–H groups in total. The first-order valence-corrected chi connectivity index (χ1v) is 5.40. The molecule has 1 aliphatic carbocycles. The quantitative estimate of drug-likeness (QED) is 0.763. The Kier molecular flexibility index (Phi) is 3.88. The number of amides is 1. The molecule has 1 saturated carbocycles. The van der Waals surface area contributed by atoms with Crippen LogP contribution in [0.3, 0.4) is 0 Å². The van der Waals surface area contributed by atoms with Crippen molar-refractivity contribution in [1.29, 1.82) is 5.26 Å². The van der Waals surface area contributed by atoms with Crippen LogP contribution in [-0.4, -0.2) is 23.0 Å². The third-order valence-electron chi connectivity index (χ3n) is 3.07. The first-order chi connectivity index (χ1) is 7.47. The van der Waals surface area contributed by atoms with Gasteiger partial charge in [-0.15, -0.1) is 0 Å². The van der Waals surface area contributed by atoms with Crippen LogP contribution < -0.4 is 5.32 Å². The van der Waals surface area contributed by atoms with Crippen molar-refractivity contribution in [3.63, 3.8) is 0 Å². The molecule has 0 aromatic heterocycles. The molecule has 88 valence electrons. The Morgan fingerprint density at radius 3 is 2.62 bits per heavy atom. The lowest BCUT2D eigenvalue weighted by atomic mass is 9.71. The molecule has 1 aliphatic rings. The summed E-state index contributed by atoms with van der Waals surface area (Å²) in [6.45, 7) is 1.74. The molecule has 0 aromatic carbocycles. The van der Waals surface area contributed by atoms with Crippen LogP contribution in [0.4, 0.5) is 4.79 Å². The van der Waals surface area contributed by atoms with Crippen molar-refractivity contribution in [2.45, 2.75) is 45.1 Å². The summed E-state index contributed by atoms with van der Waals surface area (Å²) in [5.41, 5.74) is -0.532.